The summed E-state index contributed by atoms with van der Waals surface area (Å²) in [7, 11) is 2.13. The van der Waals surface area contributed by atoms with Gasteiger partial charge in [-0.1, -0.05) is 0 Å². The van der Waals surface area contributed by atoms with Crippen LogP contribution in [0.2, 0.25) is 0 Å². The van der Waals surface area contributed by atoms with Crippen molar-refractivity contribution in [1.29, 1.82) is 0 Å². The van der Waals surface area contributed by atoms with E-state index in [1.165, 1.54) is 5.56 Å². The van der Waals surface area contributed by atoms with E-state index < -0.39 is 0 Å². The molecule has 2 heterocycles. The van der Waals surface area contributed by atoms with E-state index in [9.17, 15) is 0 Å². The second kappa shape index (κ2) is 4.35. The molecule has 1 aliphatic rings. The number of ether oxygens (including phenoxy) is 1. The van der Waals surface area contributed by atoms with Crippen molar-refractivity contribution in [2.45, 2.75) is 6.54 Å². The molecule has 0 unspecified atom stereocenters. The van der Waals surface area contributed by atoms with Crippen LogP contribution in [0.3, 0.4) is 0 Å². The van der Waals surface area contributed by atoms with E-state index in [0.29, 0.717) is 6.54 Å². The fraction of sp³-hybridized carbons (Fsp3) is 0.636. The van der Waals surface area contributed by atoms with Gasteiger partial charge in [0.2, 0.25) is 0 Å². The monoisotopic (exact) mass is 209 g/mol. The van der Waals surface area contributed by atoms with Crippen molar-refractivity contribution in [2.24, 2.45) is 11.1 Å². The summed E-state index contributed by atoms with van der Waals surface area (Å²) in [5.74, 6) is 0. The zero-order chi connectivity index (χ0) is 10.7. The molecule has 1 fully saturated rings. The highest BCUT2D eigenvalue weighted by Crippen LogP contribution is 2.27. The highest BCUT2D eigenvalue weighted by molar-refractivity contribution is 5.08. The first-order valence-electron chi connectivity index (χ1n) is 5.32. The summed E-state index contributed by atoms with van der Waals surface area (Å²) < 4.78 is 5.25. The van der Waals surface area contributed by atoms with Crippen LogP contribution < -0.4 is 5.73 Å². The van der Waals surface area contributed by atoms with Gasteiger partial charge in [-0.25, -0.2) is 0 Å². The van der Waals surface area contributed by atoms with Crippen LogP contribution in [0.25, 0.3) is 0 Å². The van der Waals surface area contributed by atoms with Gasteiger partial charge in [0.1, 0.15) is 0 Å². The third-order valence-electron chi connectivity index (χ3n) is 2.97. The molecule has 84 valence electrons. The van der Waals surface area contributed by atoms with E-state index in [4.69, 9.17) is 10.5 Å². The highest BCUT2D eigenvalue weighted by atomic mass is 16.5. The Kier molecular flexibility index (Phi) is 3.09. The lowest BCUT2D eigenvalue weighted by molar-refractivity contribution is -0.118. The van der Waals surface area contributed by atoms with Gasteiger partial charge in [-0.15, -0.1) is 0 Å². The van der Waals surface area contributed by atoms with Gasteiger partial charge in [-0.05, 0) is 18.7 Å². The van der Waals surface area contributed by atoms with Gasteiger partial charge >= 0.3 is 0 Å². The SMILES string of the molecule is CN(Cc1cc[nH]c1)CC1(CN)COC1. The van der Waals surface area contributed by atoms with E-state index in [0.717, 1.165) is 26.3 Å². The molecule has 0 aliphatic carbocycles. The summed E-state index contributed by atoms with van der Waals surface area (Å²) in [6, 6.07) is 2.10. The van der Waals surface area contributed by atoms with E-state index in [1.807, 2.05) is 12.4 Å². The Balaban J connectivity index is 1.84. The summed E-state index contributed by atoms with van der Waals surface area (Å²) in [6.07, 6.45) is 3.98. The number of nitrogens with two attached hydrogens (primary N) is 1. The first-order valence-corrected chi connectivity index (χ1v) is 5.32. The first kappa shape index (κ1) is 10.7. The molecule has 15 heavy (non-hydrogen) atoms. The second-order valence-corrected chi connectivity index (χ2v) is 4.59. The van der Waals surface area contributed by atoms with Crippen LogP contribution in [-0.2, 0) is 11.3 Å². The van der Waals surface area contributed by atoms with Crippen molar-refractivity contribution in [3.63, 3.8) is 0 Å². The standard InChI is InChI=1S/C11H19N3O/c1-14(5-10-2-3-13-4-10)7-11(6-12)8-15-9-11/h2-4,13H,5-9,12H2,1H3. The van der Waals surface area contributed by atoms with E-state index >= 15 is 0 Å². The summed E-state index contributed by atoms with van der Waals surface area (Å²) in [6.45, 7) is 4.30. The van der Waals surface area contributed by atoms with Gasteiger partial charge in [-0.3, -0.25) is 0 Å². The number of aromatic nitrogens is 1. The first-order chi connectivity index (χ1) is 7.24. The number of hydrogen-bond acceptors (Lipinski definition) is 3. The Morgan fingerprint density at radius 2 is 2.40 bits per heavy atom. The van der Waals surface area contributed by atoms with Gasteiger partial charge in [0.25, 0.3) is 0 Å². The number of rotatable bonds is 5. The lowest BCUT2D eigenvalue weighted by Gasteiger charge is -2.43. The largest absolute Gasteiger partial charge is 0.380 e. The van der Waals surface area contributed by atoms with Crippen molar-refractivity contribution in [1.82, 2.24) is 9.88 Å². The van der Waals surface area contributed by atoms with Crippen molar-refractivity contribution in [3.05, 3.63) is 24.0 Å². The van der Waals surface area contributed by atoms with Gasteiger partial charge in [-0.2, -0.15) is 0 Å². The second-order valence-electron chi connectivity index (χ2n) is 4.59. The number of hydrogen-bond donors (Lipinski definition) is 2. The van der Waals surface area contributed by atoms with Gasteiger partial charge in [0.05, 0.1) is 13.2 Å². The molecule has 1 aliphatic heterocycles. The maximum absolute atomic E-state index is 5.78. The van der Waals surface area contributed by atoms with Gasteiger partial charge < -0.3 is 20.4 Å². The Labute approximate surface area is 90.4 Å². The zero-order valence-electron chi connectivity index (χ0n) is 9.20. The molecule has 0 spiro atoms. The maximum Gasteiger partial charge on any atom is 0.0569 e. The normalized spacial score (nSPS) is 19.1. The molecule has 4 heteroatoms. The van der Waals surface area contributed by atoms with Gasteiger partial charge in [0.15, 0.2) is 0 Å². The molecule has 0 saturated carbocycles. The third-order valence-corrected chi connectivity index (χ3v) is 2.97. The number of nitrogens with one attached hydrogen (secondary N) is 1. The predicted octanol–water partition coefficient (Wildman–Crippen LogP) is 0.422. The molecular formula is C11H19N3O. The molecule has 0 radical (unpaired) electrons. The molecule has 1 saturated heterocycles. The minimum Gasteiger partial charge on any atom is -0.380 e. The molecule has 0 amide bonds. The van der Waals surface area contributed by atoms with E-state index in [-0.39, 0.29) is 5.41 Å². The summed E-state index contributed by atoms with van der Waals surface area (Å²) in [4.78, 5) is 5.37. The van der Waals surface area contributed by atoms with Crippen LogP contribution in [0.4, 0.5) is 0 Å². The number of H-pyrrole nitrogens is 1. The highest BCUT2D eigenvalue weighted by Gasteiger charge is 2.38. The maximum atomic E-state index is 5.78. The van der Waals surface area contributed by atoms with Crippen molar-refractivity contribution < 1.29 is 4.74 Å². The van der Waals surface area contributed by atoms with Crippen LogP contribution in [-0.4, -0.2) is 43.2 Å². The Morgan fingerprint density at radius 3 is 2.87 bits per heavy atom. The minimum absolute atomic E-state index is 0.199. The molecule has 1 aromatic heterocycles. The lowest BCUT2D eigenvalue weighted by atomic mass is 9.85. The van der Waals surface area contributed by atoms with Crippen molar-refractivity contribution in [2.75, 3.05) is 33.4 Å². The smallest absolute Gasteiger partial charge is 0.0569 e. The fourth-order valence-electron chi connectivity index (χ4n) is 2.06. The molecule has 1 aromatic rings. The van der Waals surface area contributed by atoms with Crippen molar-refractivity contribution >= 4 is 0 Å². The van der Waals surface area contributed by atoms with Crippen LogP contribution in [0.1, 0.15) is 5.56 Å². The van der Waals surface area contributed by atoms with Crippen molar-refractivity contribution in [3.8, 4) is 0 Å². The number of aromatic amines is 1. The summed E-state index contributed by atoms with van der Waals surface area (Å²) in [5.41, 5.74) is 7.29. The minimum atomic E-state index is 0.199. The van der Waals surface area contributed by atoms with E-state index in [1.54, 1.807) is 0 Å². The molecule has 0 atom stereocenters. The Bertz CT molecular complexity index is 287. The number of nitrogens with zero attached hydrogens (tertiary/aromatic N) is 1. The molecule has 0 bridgehead atoms. The molecule has 0 aromatic carbocycles. The quantitative estimate of drug-likeness (QED) is 0.739. The zero-order valence-corrected chi connectivity index (χ0v) is 9.20. The van der Waals surface area contributed by atoms with Gasteiger partial charge in [0, 0.05) is 37.4 Å². The fourth-order valence-corrected chi connectivity index (χ4v) is 2.06. The topological polar surface area (TPSA) is 54.3 Å². The van der Waals surface area contributed by atoms with Crippen LogP contribution in [0, 0.1) is 5.41 Å². The van der Waals surface area contributed by atoms with Crippen LogP contribution >= 0.6 is 0 Å². The Morgan fingerprint density at radius 1 is 1.60 bits per heavy atom. The summed E-state index contributed by atoms with van der Waals surface area (Å²) in [5, 5.41) is 0. The van der Waals surface area contributed by atoms with Crippen LogP contribution in [0.5, 0.6) is 0 Å². The van der Waals surface area contributed by atoms with Crippen LogP contribution in [0.15, 0.2) is 18.5 Å². The summed E-state index contributed by atoms with van der Waals surface area (Å²) >= 11 is 0. The Hall–Kier alpha value is -0.840. The molecule has 3 N–H and O–H groups in total. The van der Waals surface area contributed by atoms with E-state index in [2.05, 4.69) is 23.0 Å². The average molecular weight is 209 g/mol. The predicted molar refractivity (Wildman–Crippen MR) is 59.4 cm³/mol. The lowest BCUT2D eigenvalue weighted by Crippen LogP contribution is -2.54. The average Bonchev–Trinajstić information content (AvgIpc) is 2.64. The molecule has 4 nitrogen and oxygen atoms in total. The third kappa shape index (κ3) is 2.40. The molecule has 2 rings (SSSR count). The molecular weight excluding hydrogens is 190 g/mol.